The van der Waals surface area contributed by atoms with Gasteiger partial charge in [0.15, 0.2) is 5.16 Å². The van der Waals surface area contributed by atoms with E-state index in [1.54, 1.807) is 6.33 Å². The van der Waals surface area contributed by atoms with E-state index in [0.29, 0.717) is 5.16 Å². The third-order valence-corrected chi connectivity index (χ3v) is 6.46. The lowest BCUT2D eigenvalue weighted by Crippen LogP contribution is -2.19. The van der Waals surface area contributed by atoms with Crippen LogP contribution in [0.4, 0.5) is 17.1 Å². The van der Waals surface area contributed by atoms with Crippen molar-refractivity contribution in [1.82, 2.24) is 14.8 Å². The molecule has 160 valence electrons. The van der Waals surface area contributed by atoms with Crippen LogP contribution in [-0.4, -0.2) is 33.0 Å². The molecule has 0 saturated heterocycles. The second kappa shape index (κ2) is 8.88. The number of hydrogen-bond acceptors (Lipinski definition) is 5. The van der Waals surface area contributed by atoms with Crippen LogP contribution in [0.5, 0.6) is 0 Å². The molecule has 0 saturated carbocycles. The molecule has 0 aliphatic carbocycles. The van der Waals surface area contributed by atoms with Gasteiger partial charge in [0.05, 0.1) is 17.1 Å². The van der Waals surface area contributed by atoms with Crippen LogP contribution < -0.4 is 10.2 Å². The molecule has 1 aliphatic rings. The average molecular weight is 442 g/mol. The Morgan fingerprint density at radius 3 is 2.59 bits per heavy atom. The number of amides is 1. The SMILES string of the molecule is Cc1ccc(-n2cnnc2SCC(=O)Nc2ccccc2N2CCc3ccccc32)cc1. The lowest BCUT2D eigenvalue weighted by atomic mass is 10.2. The molecule has 1 amide bonds. The molecule has 1 N–H and O–H groups in total. The number of fused-ring (bicyclic) bond motifs is 1. The first-order valence-corrected chi connectivity index (χ1v) is 11.5. The van der Waals surface area contributed by atoms with E-state index in [9.17, 15) is 4.79 Å². The van der Waals surface area contributed by atoms with Crippen molar-refractivity contribution in [3.63, 3.8) is 0 Å². The predicted octanol–water partition coefficient (Wildman–Crippen LogP) is 5.00. The van der Waals surface area contributed by atoms with Crippen LogP contribution in [-0.2, 0) is 11.2 Å². The first-order valence-electron chi connectivity index (χ1n) is 10.5. The third-order valence-electron chi connectivity index (χ3n) is 5.52. The minimum absolute atomic E-state index is 0.0756. The Bertz CT molecular complexity index is 1250. The number of nitrogens with one attached hydrogen (secondary N) is 1. The first-order chi connectivity index (χ1) is 15.7. The molecular weight excluding hydrogens is 418 g/mol. The normalized spacial score (nSPS) is 12.6. The number of anilines is 3. The molecular formula is C25H23N5OS. The van der Waals surface area contributed by atoms with Crippen molar-refractivity contribution in [2.45, 2.75) is 18.5 Å². The van der Waals surface area contributed by atoms with Crippen LogP contribution in [0.25, 0.3) is 5.69 Å². The lowest BCUT2D eigenvalue weighted by Gasteiger charge is -2.23. The second-order valence-corrected chi connectivity index (χ2v) is 8.65. The van der Waals surface area contributed by atoms with E-state index in [-0.39, 0.29) is 11.7 Å². The summed E-state index contributed by atoms with van der Waals surface area (Å²) in [6.07, 6.45) is 2.67. The zero-order chi connectivity index (χ0) is 21.9. The number of carbonyl (C=O) groups is 1. The molecule has 0 fully saturated rings. The average Bonchev–Trinajstić information content (AvgIpc) is 3.46. The van der Waals surface area contributed by atoms with Gasteiger partial charge in [0, 0.05) is 17.9 Å². The highest BCUT2D eigenvalue weighted by molar-refractivity contribution is 7.99. The number of hydrogen-bond donors (Lipinski definition) is 1. The quantitative estimate of drug-likeness (QED) is 0.427. The zero-order valence-corrected chi connectivity index (χ0v) is 18.5. The monoisotopic (exact) mass is 441 g/mol. The van der Waals surface area contributed by atoms with Crippen LogP contribution in [0.2, 0.25) is 0 Å². The molecule has 4 aromatic rings. The highest BCUT2D eigenvalue weighted by Crippen LogP contribution is 2.38. The van der Waals surface area contributed by atoms with Gasteiger partial charge in [-0.05, 0) is 49.2 Å². The fourth-order valence-corrected chi connectivity index (χ4v) is 4.65. The van der Waals surface area contributed by atoms with Gasteiger partial charge in [-0.1, -0.05) is 59.8 Å². The summed E-state index contributed by atoms with van der Waals surface area (Å²) < 4.78 is 1.90. The molecule has 6 nitrogen and oxygen atoms in total. The Balaban J connectivity index is 1.29. The Morgan fingerprint density at radius 2 is 1.75 bits per heavy atom. The molecule has 0 bridgehead atoms. The van der Waals surface area contributed by atoms with E-state index in [2.05, 4.69) is 57.7 Å². The second-order valence-electron chi connectivity index (χ2n) is 7.70. The van der Waals surface area contributed by atoms with Gasteiger partial charge in [-0.2, -0.15) is 0 Å². The van der Waals surface area contributed by atoms with Gasteiger partial charge in [0.2, 0.25) is 5.91 Å². The number of nitrogens with zero attached hydrogens (tertiary/aromatic N) is 4. The number of rotatable bonds is 6. The fourth-order valence-electron chi connectivity index (χ4n) is 3.92. The Labute approximate surface area is 191 Å². The Kier molecular flexibility index (Phi) is 5.64. The van der Waals surface area contributed by atoms with Crippen molar-refractivity contribution in [2.75, 3.05) is 22.5 Å². The van der Waals surface area contributed by atoms with Crippen LogP contribution in [0.3, 0.4) is 0 Å². The summed E-state index contributed by atoms with van der Waals surface area (Å²) in [4.78, 5) is 15.1. The fraction of sp³-hybridized carbons (Fsp3) is 0.160. The van der Waals surface area contributed by atoms with Gasteiger partial charge in [-0.25, -0.2) is 0 Å². The van der Waals surface area contributed by atoms with Gasteiger partial charge in [-0.15, -0.1) is 10.2 Å². The summed E-state index contributed by atoms with van der Waals surface area (Å²) in [6, 6.07) is 24.5. The summed E-state index contributed by atoms with van der Waals surface area (Å²) in [7, 11) is 0. The van der Waals surface area contributed by atoms with E-state index in [1.165, 1.54) is 28.6 Å². The van der Waals surface area contributed by atoms with Gasteiger partial charge in [0.25, 0.3) is 0 Å². The van der Waals surface area contributed by atoms with E-state index in [4.69, 9.17) is 0 Å². The maximum Gasteiger partial charge on any atom is 0.234 e. The largest absolute Gasteiger partial charge is 0.339 e. The molecule has 1 aliphatic heterocycles. The molecule has 32 heavy (non-hydrogen) atoms. The Hall–Kier alpha value is -3.58. The molecule has 7 heteroatoms. The molecule has 0 atom stereocenters. The summed E-state index contributed by atoms with van der Waals surface area (Å²) in [5, 5.41) is 12.0. The molecule has 3 aromatic carbocycles. The van der Waals surface area contributed by atoms with Gasteiger partial charge >= 0.3 is 0 Å². The van der Waals surface area contributed by atoms with Gasteiger partial charge in [0.1, 0.15) is 6.33 Å². The number of benzene rings is 3. The topological polar surface area (TPSA) is 63.1 Å². The van der Waals surface area contributed by atoms with Crippen LogP contribution in [0.15, 0.2) is 84.3 Å². The van der Waals surface area contributed by atoms with Crippen LogP contribution in [0, 0.1) is 6.92 Å². The minimum atomic E-state index is -0.0756. The third kappa shape index (κ3) is 4.11. The van der Waals surface area contributed by atoms with Crippen molar-refractivity contribution >= 4 is 34.7 Å². The molecule has 0 radical (unpaired) electrons. The van der Waals surface area contributed by atoms with Gasteiger partial charge < -0.3 is 10.2 Å². The molecule has 0 spiro atoms. The van der Waals surface area contributed by atoms with Crippen LogP contribution in [0.1, 0.15) is 11.1 Å². The lowest BCUT2D eigenvalue weighted by molar-refractivity contribution is -0.113. The number of carbonyl (C=O) groups excluding carboxylic acids is 1. The van der Waals surface area contributed by atoms with Crippen molar-refractivity contribution < 1.29 is 4.79 Å². The summed E-state index contributed by atoms with van der Waals surface area (Å²) in [5.74, 6) is 0.170. The molecule has 1 aromatic heterocycles. The maximum absolute atomic E-state index is 12.8. The van der Waals surface area contributed by atoms with Crippen molar-refractivity contribution in [1.29, 1.82) is 0 Å². The predicted molar refractivity (Wildman–Crippen MR) is 129 cm³/mol. The number of thioether (sulfide) groups is 1. The van der Waals surface area contributed by atoms with Gasteiger partial charge in [-0.3, -0.25) is 9.36 Å². The number of aryl methyl sites for hydroxylation is 1. The summed E-state index contributed by atoms with van der Waals surface area (Å²) >= 11 is 1.37. The van der Waals surface area contributed by atoms with Crippen molar-refractivity contribution in [3.05, 3.63) is 90.3 Å². The summed E-state index contributed by atoms with van der Waals surface area (Å²) in [5.41, 5.74) is 6.53. The highest BCUT2D eigenvalue weighted by Gasteiger charge is 2.22. The molecule has 2 heterocycles. The Morgan fingerprint density at radius 1 is 1.00 bits per heavy atom. The van der Waals surface area contributed by atoms with E-state index in [1.807, 2.05) is 47.0 Å². The number of para-hydroxylation sites is 3. The molecule has 5 rings (SSSR count). The highest BCUT2D eigenvalue weighted by atomic mass is 32.2. The smallest absolute Gasteiger partial charge is 0.234 e. The van der Waals surface area contributed by atoms with E-state index >= 15 is 0 Å². The first kappa shape index (κ1) is 20.3. The van der Waals surface area contributed by atoms with Crippen LogP contribution >= 0.6 is 11.8 Å². The summed E-state index contributed by atoms with van der Waals surface area (Å²) in [6.45, 7) is 2.95. The molecule has 0 unspecified atom stereocenters. The standard InChI is InChI=1S/C25H23N5OS/c1-18-10-12-20(13-11-18)30-17-26-28-25(30)32-16-24(31)27-21-7-3-5-9-23(21)29-15-14-19-6-2-4-8-22(19)29/h2-13,17H,14-16H2,1H3,(H,27,31). The van der Waals surface area contributed by atoms with Crippen molar-refractivity contribution in [2.24, 2.45) is 0 Å². The zero-order valence-electron chi connectivity index (χ0n) is 17.7. The van der Waals surface area contributed by atoms with E-state index in [0.717, 1.165) is 30.0 Å². The number of aromatic nitrogens is 3. The maximum atomic E-state index is 12.8. The minimum Gasteiger partial charge on any atom is -0.339 e. The van der Waals surface area contributed by atoms with Crippen molar-refractivity contribution in [3.8, 4) is 5.69 Å². The van der Waals surface area contributed by atoms with E-state index < -0.39 is 0 Å².